The molecular weight excluding hydrogens is 264 g/mol. The highest BCUT2D eigenvalue weighted by molar-refractivity contribution is 7.09. The molecule has 0 bridgehead atoms. The molecular formula is C13H18N2O3S. The van der Waals surface area contributed by atoms with Gasteiger partial charge < -0.3 is 10.1 Å². The van der Waals surface area contributed by atoms with Gasteiger partial charge in [-0.2, -0.15) is 0 Å². The van der Waals surface area contributed by atoms with Gasteiger partial charge in [-0.05, 0) is 32.6 Å². The fraction of sp³-hybridized carbons (Fsp3) is 0.615. The molecule has 0 radical (unpaired) electrons. The van der Waals surface area contributed by atoms with Gasteiger partial charge in [0.1, 0.15) is 5.69 Å². The number of aryl methyl sites for hydroxylation is 1. The molecule has 2 rings (SSSR count). The Balaban J connectivity index is 1.82. The number of thiazole rings is 1. The highest BCUT2D eigenvalue weighted by atomic mass is 32.1. The van der Waals surface area contributed by atoms with Gasteiger partial charge in [0.05, 0.1) is 18.0 Å². The first kappa shape index (κ1) is 14.0. The largest absolute Gasteiger partial charge is 0.469 e. The second-order valence-electron chi connectivity index (χ2n) is 4.80. The number of hydrogen-bond acceptors (Lipinski definition) is 5. The summed E-state index contributed by atoms with van der Waals surface area (Å²) in [4.78, 5) is 27.5. The van der Waals surface area contributed by atoms with Crippen LogP contribution in [0.15, 0.2) is 5.38 Å². The van der Waals surface area contributed by atoms with Crippen molar-refractivity contribution in [2.24, 2.45) is 5.92 Å². The van der Waals surface area contributed by atoms with Gasteiger partial charge in [-0.1, -0.05) is 0 Å². The summed E-state index contributed by atoms with van der Waals surface area (Å²) in [6.07, 6.45) is 3.17. The SMILES string of the molecule is COC(=O)C1CCC(NC(=O)c2csc(C)n2)CC1. The van der Waals surface area contributed by atoms with E-state index in [2.05, 4.69) is 10.3 Å². The van der Waals surface area contributed by atoms with Gasteiger partial charge in [0.2, 0.25) is 0 Å². The molecule has 1 aromatic heterocycles. The molecule has 1 aliphatic rings. The van der Waals surface area contributed by atoms with E-state index in [9.17, 15) is 9.59 Å². The van der Waals surface area contributed by atoms with Gasteiger partial charge >= 0.3 is 5.97 Å². The molecule has 19 heavy (non-hydrogen) atoms. The van der Waals surface area contributed by atoms with Crippen molar-refractivity contribution >= 4 is 23.2 Å². The molecule has 0 saturated heterocycles. The summed E-state index contributed by atoms with van der Waals surface area (Å²) in [5.41, 5.74) is 0.484. The van der Waals surface area contributed by atoms with Crippen LogP contribution < -0.4 is 5.32 Å². The van der Waals surface area contributed by atoms with E-state index in [1.807, 2.05) is 6.92 Å². The van der Waals surface area contributed by atoms with Crippen LogP contribution in [0.3, 0.4) is 0 Å². The van der Waals surface area contributed by atoms with Gasteiger partial charge in [-0.25, -0.2) is 4.98 Å². The minimum Gasteiger partial charge on any atom is -0.469 e. The van der Waals surface area contributed by atoms with Crippen LogP contribution in [0.25, 0.3) is 0 Å². The number of esters is 1. The molecule has 1 fully saturated rings. The van der Waals surface area contributed by atoms with Crippen molar-refractivity contribution in [2.75, 3.05) is 7.11 Å². The number of ether oxygens (including phenoxy) is 1. The second kappa shape index (κ2) is 6.14. The number of hydrogen-bond donors (Lipinski definition) is 1. The van der Waals surface area contributed by atoms with Crippen molar-refractivity contribution in [2.45, 2.75) is 38.6 Å². The van der Waals surface area contributed by atoms with Crippen molar-refractivity contribution in [1.82, 2.24) is 10.3 Å². The Morgan fingerprint density at radius 1 is 1.37 bits per heavy atom. The Hall–Kier alpha value is -1.43. The number of nitrogens with zero attached hydrogens (tertiary/aromatic N) is 1. The first-order chi connectivity index (χ1) is 9.10. The Labute approximate surface area is 116 Å². The average molecular weight is 282 g/mol. The topological polar surface area (TPSA) is 68.3 Å². The van der Waals surface area contributed by atoms with Crippen LogP contribution in [0.5, 0.6) is 0 Å². The summed E-state index contributed by atoms with van der Waals surface area (Å²) in [7, 11) is 1.42. The van der Waals surface area contributed by atoms with E-state index in [-0.39, 0.29) is 23.8 Å². The molecule has 1 N–H and O–H groups in total. The summed E-state index contributed by atoms with van der Waals surface area (Å²) in [6, 6.07) is 0.135. The maximum absolute atomic E-state index is 11.9. The third-order valence-electron chi connectivity index (χ3n) is 3.45. The maximum Gasteiger partial charge on any atom is 0.308 e. The lowest BCUT2D eigenvalue weighted by molar-refractivity contribution is -0.146. The molecule has 0 spiro atoms. The maximum atomic E-state index is 11.9. The summed E-state index contributed by atoms with van der Waals surface area (Å²) >= 11 is 1.47. The fourth-order valence-electron chi connectivity index (χ4n) is 2.37. The quantitative estimate of drug-likeness (QED) is 0.860. The van der Waals surface area contributed by atoms with Gasteiger partial charge in [-0.15, -0.1) is 11.3 Å². The van der Waals surface area contributed by atoms with Gasteiger partial charge in [0.25, 0.3) is 5.91 Å². The average Bonchev–Trinajstić information content (AvgIpc) is 2.85. The predicted octanol–water partition coefficient (Wildman–Crippen LogP) is 1.91. The summed E-state index contributed by atoms with van der Waals surface area (Å²) in [5, 5.41) is 5.64. The van der Waals surface area contributed by atoms with Crippen molar-refractivity contribution in [3.63, 3.8) is 0 Å². The lowest BCUT2D eigenvalue weighted by Crippen LogP contribution is -2.39. The normalized spacial score (nSPS) is 22.8. The number of carbonyl (C=O) groups is 2. The van der Waals surface area contributed by atoms with Crippen LogP contribution in [0.4, 0.5) is 0 Å². The summed E-state index contributed by atoms with van der Waals surface area (Å²) in [6.45, 7) is 1.88. The summed E-state index contributed by atoms with van der Waals surface area (Å²) in [5.74, 6) is -0.273. The van der Waals surface area contributed by atoms with Gasteiger partial charge in [0.15, 0.2) is 0 Å². The number of amides is 1. The highest BCUT2D eigenvalue weighted by Gasteiger charge is 2.28. The lowest BCUT2D eigenvalue weighted by atomic mass is 9.86. The Morgan fingerprint density at radius 2 is 2.05 bits per heavy atom. The van der Waals surface area contributed by atoms with Crippen molar-refractivity contribution in [3.05, 3.63) is 16.1 Å². The number of rotatable bonds is 3. The fourth-order valence-corrected chi connectivity index (χ4v) is 2.96. The van der Waals surface area contributed by atoms with E-state index in [1.165, 1.54) is 18.4 Å². The number of methoxy groups -OCH3 is 1. The molecule has 1 heterocycles. The number of nitrogens with one attached hydrogen (secondary N) is 1. The minimum atomic E-state index is -0.139. The minimum absolute atomic E-state index is 0.0142. The van der Waals surface area contributed by atoms with Crippen LogP contribution in [0.1, 0.15) is 41.2 Å². The molecule has 1 amide bonds. The third-order valence-corrected chi connectivity index (χ3v) is 4.22. The molecule has 1 aromatic rings. The van der Waals surface area contributed by atoms with Crippen LogP contribution in [-0.2, 0) is 9.53 Å². The second-order valence-corrected chi connectivity index (χ2v) is 5.86. The van der Waals surface area contributed by atoms with Gasteiger partial charge in [0, 0.05) is 11.4 Å². The van der Waals surface area contributed by atoms with Crippen LogP contribution in [0, 0.1) is 12.8 Å². The van der Waals surface area contributed by atoms with Crippen molar-refractivity contribution in [1.29, 1.82) is 0 Å². The van der Waals surface area contributed by atoms with Crippen LogP contribution >= 0.6 is 11.3 Å². The summed E-state index contributed by atoms with van der Waals surface area (Å²) < 4.78 is 4.74. The molecule has 0 atom stereocenters. The van der Waals surface area contributed by atoms with Crippen LogP contribution in [0.2, 0.25) is 0 Å². The van der Waals surface area contributed by atoms with E-state index < -0.39 is 0 Å². The smallest absolute Gasteiger partial charge is 0.308 e. The van der Waals surface area contributed by atoms with Gasteiger partial charge in [-0.3, -0.25) is 9.59 Å². The zero-order valence-electron chi connectivity index (χ0n) is 11.1. The molecule has 1 saturated carbocycles. The Kier molecular flexibility index (Phi) is 4.52. The van der Waals surface area contributed by atoms with E-state index in [1.54, 1.807) is 5.38 Å². The van der Waals surface area contributed by atoms with Crippen molar-refractivity contribution in [3.8, 4) is 0 Å². The Bertz CT molecular complexity index is 464. The molecule has 104 valence electrons. The van der Waals surface area contributed by atoms with E-state index in [4.69, 9.17) is 4.74 Å². The predicted molar refractivity (Wildman–Crippen MR) is 72.1 cm³/mol. The lowest BCUT2D eigenvalue weighted by Gasteiger charge is -2.27. The van der Waals surface area contributed by atoms with E-state index in [0.717, 1.165) is 30.7 Å². The monoisotopic (exact) mass is 282 g/mol. The molecule has 0 unspecified atom stereocenters. The number of carbonyl (C=O) groups excluding carboxylic acids is 2. The zero-order chi connectivity index (χ0) is 13.8. The third kappa shape index (κ3) is 3.53. The number of aromatic nitrogens is 1. The molecule has 5 nitrogen and oxygen atoms in total. The molecule has 0 aromatic carbocycles. The first-order valence-corrected chi connectivity index (χ1v) is 7.29. The molecule has 6 heteroatoms. The van der Waals surface area contributed by atoms with Crippen molar-refractivity contribution < 1.29 is 14.3 Å². The first-order valence-electron chi connectivity index (χ1n) is 6.41. The van der Waals surface area contributed by atoms with E-state index >= 15 is 0 Å². The molecule has 1 aliphatic carbocycles. The van der Waals surface area contributed by atoms with Crippen LogP contribution in [-0.4, -0.2) is 30.0 Å². The van der Waals surface area contributed by atoms with E-state index in [0.29, 0.717) is 5.69 Å². The Morgan fingerprint density at radius 3 is 2.58 bits per heavy atom. The standard InChI is InChI=1S/C13H18N2O3S/c1-8-14-11(7-19-8)12(16)15-10-5-3-9(4-6-10)13(17)18-2/h7,9-10H,3-6H2,1-2H3,(H,15,16). The highest BCUT2D eigenvalue weighted by Crippen LogP contribution is 2.25. The molecule has 0 aliphatic heterocycles. The zero-order valence-corrected chi connectivity index (χ0v) is 12.0.